The fraction of sp³-hybridized carbons (Fsp3) is 0.471. The van der Waals surface area contributed by atoms with Crippen LogP contribution in [-0.2, 0) is 14.6 Å². The lowest BCUT2D eigenvalue weighted by molar-refractivity contribution is -0.135. The van der Waals surface area contributed by atoms with Gasteiger partial charge in [-0.2, -0.15) is 0 Å². The monoisotopic (exact) mass is 400 g/mol. The normalized spacial score (nSPS) is 12.9. The summed E-state index contributed by atoms with van der Waals surface area (Å²) in [6, 6.07) is 3.86. The van der Waals surface area contributed by atoms with Crippen LogP contribution in [0.15, 0.2) is 22.4 Å². The van der Waals surface area contributed by atoms with Crippen LogP contribution in [0.3, 0.4) is 0 Å². The molecule has 0 fully saturated rings. The lowest BCUT2D eigenvalue weighted by atomic mass is 9.81. The minimum atomic E-state index is -1.53. The highest BCUT2D eigenvalue weighted by molar-refractivity contribution is 9.10. The van der Waals surface area contributed by atoms with E-state index < -0.39 is 15.0 Å². The summed E-state index contributed by atoms with van der Waals surface area (Å²) in [7, 11) is 0.0621. The first-order valence-electron chi connectivity index (χ1n) is 7.48. The molecule has 0 aromatic heterocycles. The topological polar surface area (TPSA) is 55.8 Å². The molecule has 0 heterocycles. The number of hydrogen-bond donors (Lipinski definition) is 1. The smallest absolute Gasteiger partial charge is 0.370 e. The van der Waals surface area contributed by atoms with E-state index in [9.17, 15) is 9.90 Å². The van der Waals surface area contributed by atoms with Crippen LogP contribution in [0.5, 0.6) is 5.75 Å². The van der Waals surface area contributed by atoms with Gasteiger partial charge in [0.05, 0.1) is 11.6 Å². The number of aliphatic carboxylic acids is 1. The molecule has 4 nitrogen and oxygen atoms in total. The summed E-state index contributed by atoms with van der Waals surface area (Å²) in [5.41, 5.74) is 2.35. The van der Waals surface area contributed by atoms with Crippen molar-refractivity contribution in [1.29, 1.82) is 0 Å². The Morgan fingerprint density at radius 3 is 2.22 bits per heavy atom. The first-order chi connectivity index (χ1) is 10.5. The molecule has 128 valence electrons. The number of rotatable bonds is 5. The summed E-state index contributed by atoms with van der Waals surface area (Å²) in [5.74, 6) is -0.342. The first kappa shape index (κ1) is 19.8. The first-order valence-corrected chi connectivity index (χ1v) is 11.1. The van der Waals surface area contributed by atoms with Gasteiger partial charge in [0.1, 0.15) is 5.75 Å². The number of halogens is 1. The Morgan fingerprint density at radius 1 is 1.26 bits per heavy atom. The van der Waals surface area contributed by atoms with Crippen LogP contribution in [0.2, 0.25) is 13.1 Å². The largest absolute Gasteiger partial charge is 0.542 e. The SMILES string of the molecule is COc1cc(C(C)=C(O[SiH](C)C)C(=O)O)c(C(C)(C)C)cc1Br. The van der Waals surface area contributed by atoms with Gasteiger partial charge in [0, 0.05) is 5.57 Å². The molecule has 1 rings (SSSR count). The van der Waals surface area contributed by atoms with Crippen molar-refractivity contribution >= 4 is 36.5 Å². The lowest BCUT2D eigenvalue weighted by Crippen LogP contribution is -2.18. The van der Waals surface area contributed by atoms with Crippen LogP contribution in [0.4, 0.5) is 0 Å². The van der Waals surface area contributed by atoms with Crippen molar-refractivity contribution in [3.8, 4) is 5.75 Å². The van der Waals surface area contributed by atoms with E-state index in [2.05, 4.69) is 36.7 Å². The number of allylic oxidation sites excluding steroid dienone is 1. The summed E-state index contributed by atoms with van der Waals surface area (Å²) in [5, 5.41) is 9.53. The zero-order chi connectivity index (χ0) is 17.9. The number of ether oxygens (including phenoxy) is 1. The number of carboxylic acids is 1. The molecule has 0 unspecified atom stereocenters. The van der Waals surface area contributed by atoms with Crippen molar-refractivity contribution in [1.82, 2.24) is 0 Å². The maximum atomic E-state index is 11.6. The molecule has 0 atom stereocenters. The van der Waals surface area contributed by atoms with Crippen LogP contribution in [0.1, 0.15) is 38.8 Å². The highest BCUT2D eigenvalue weighted by atomic mass is 79.9. The van der Waals surface area contributed by atoms with E-state index in [1.165, 1.54) is 0 Å². The molecule has 0 aliphatic heterocycles. The van der Waals surface area contributed by atoms with E-state index in [1.807, 2.05) is 25.2 Å². The van der Waals surface area contributed by atoms with Crippen LogP contribution < -0.4 is 4.74 Å². The standard InChI is InChI=1S/C17H25BrO4Si/c1-10(15(16(19)20)22-23(6)7)11-8-14(21-5)13(18)9-12(11)17(2,3)4/h8-9,23H,1-7H3,(H,19,20). The van der Waals surface area contributed by atoms with Crippen molar-refractivity contribution in [2.24, 2.45) is 0 Å². The minimum Gasteiger partial charge on any atom is -0.542 e. The molecule has 0 radical (unpaired) electrons. The average Bonchev–Trinajstić information content (AvgIpc) is 2.42. The maximum Gasteiger partial charge on any atom is 0.370 e. The molecule has 1 N–H and O–H groups in total. The number of methoxy groups -OCH3 is 1. The van der Waals surface area contributed by atoms with Crippen molar-refractivity contribution in [3.05, 3.63) is 33.5 Å². The molecule has 1 aromatic rings. The molecule has 0 bridgehead atoms. The predicted molar refractivity (Wildman–Crippen MR) is 99.6 cm³/mol. The Morgan fingerprint density at radius 2 is 1.83 bits per heavy atom. The zero-order valence-electron chi connectivity index (χ0n) is 14.8. The molecule has 0 aliphatic carbocycles. The molecule has 0 amide bonds. The van der Waals surface area contributed by atoms with E-state index in [4.69, 9.17) is 9.16 Å². The van der Waals surface area contributed by atoms with Crippen molar-refractivity contribution in [2.75, 3.05) is 7.11 Å². The number of carbonyl (C=O) groups is 1. The van der Waals surface area contributed by atoms with Gasteiger partial charge in [-0.25, -0.2) is 4.79 Å². The van der Waals surface area contributed by atoms with E-state index in [0.29, 0.717) is 11.3 Å². The third-order valence-electron chi connectivity index (χ3n) is 3.39. The van der Waals surface area contributed by atoms with Crippen molar-refractivity contribution < 1.29 is 19.1 Å². The van der Waals surface area contributed by atoms with Gasteiger partial charge in [0.25, 0.3) is 0 Å². The van der Waals surface area contributed by atoms with E-state index >= 15 is 0 Å². The summed E-state index contributed by atoms with van der Waals surface area (Å²) in [4.78, 5) is 11.6. The summed E-state index contributed by atoms with van der Waals surface area (Å²) >= 11 is 3.51. The zero-order valence-corrected chi connectivity index (χ0v) is 17.5. The van der Waals surface area contributed by atoms with Crippen LogP contribution in [-0.4, -0.2) is 27.2 Å². The highest BCUT2D eigenvalue weighted by Gasteiger charge is 2.25. The average molecular weight is 401 g/mol. The molecule has 23 heavy (non-hydrogen) atoms. The molecule has 6 heteroatoms. The molecule has 0 saturated heterocycles. The second-order valence-electron chi connectivity index (χ2n) is 6.71. The summed E-state index contributed by atoms with van der Waals surface area (Å²) < 4.78 is 11.9. The Kier molecular flexibility index (Phi) is 6.47. The molecule has 0 spiro atoms. The second kappa shape index (κ2) is 7.53. The number of carboxylic acid groups (broad SMARTS) is 1. The van der Waals surface area contributed by atoms with Gasteiger partial charge in [-0.1, -0.05) is 20.8 Å². The fourth-order valence-electron chi connectivity index (χ4n) is 2.30. The maximum absolute atomic E-state index is 11.6. The van der Waals surface area contributed by atoms with E-state index in [1.54, 1.807) is 14.0 Å². The van der Waals surface area contributed by atoms with E-state index in [0.717, 1.165) is 15.6 Å². The second-order valence-corrected chi connectivity index (χ2v) is 9.90. The molecular formula is C17H25BrO4Si. The predicted octanol–water partition coefficient (Wildman–Crippen LogP) is 4.57. The van der Waals surface area contributed by atoms with Crippen molar-refractivity contribution in [3.63, 3.8) is 0 Å². The van der Waals surface area contributed by atoms with Gasteiger partial charge in [-0.15, -0.1) is 0 Å². The Hall–Kier alpha value is -1.27. The quantitative estimate of drug-likeness (QED) is 0.446. The Balaban J connectivity index is 3.69. The number of benzene rings is 1. The molecule has 0 saturated carbocycles. The van der Waals surface area contributed by atoms with Gasteiger partial charge >= 0.3 is 5.97 Å². The fourth-order valence-corrected chi connectivity index (χ4v) is 3.55. The summed E-state index contributed by atoms with van der Waals surface area (Å²) in [6.45, 7) is 12.0. The highest BCUT2D eigenvalue weighted by Crippen LogP contribution is 2.38. The van der Waals surface area contributed by atoms with Crippen LogP contribution in [0, 0.1) is 0 Å². The molecular weight excluding hydrogens is 376 g/mol. The van der Waals surface area contributed by atoms with Gasteiger partial charge in [-0.3, -0.25) is 0 Å². The van der Waals surface area contributed by atoms with Gasteiger partial charge in [0.2, 0.25) is 9.04 Å². The molecule has 0 aliphatic rings. The summed E-state index contributed by atoms with van der Waals surface area (Å²) in [6.07, 6.45) is 0. The number of hydrogen-bond acceptors (Lipinski definition) is 3. The van der Waals surface area contributed by atoms with Gasteiger partial charge < -0.3 is 14.3 Å². The third-order valence-corrected chi connectivity index (χ3v) is 4.72. The van der Waals surface area contributed by atoms with E-state index in [-0.39, 0.29) is 11.2 Å². The van der Waals surface area contributed by atoms with Gasteiger partial charge in [-0.05, 0) is 64.6 Å². The Labute approximate surface area is 148 Å². The van der Waals surface area contributed by atoms with Gasteiger partial charge in [0.15, 0.2) is 5.76 Å². The van der Waals surface area contributed by atoms with Crippen LogP contribution in [0.25, 0.3) is 5.57 Å². The molecule has 1 aromatic carbocycles. The lowest BCUT2D eigenvalue weighted by Gasteiger charge is -2.25. The van der Waals surface area contributed by atoms with Crippen molar-refractivity contribution in [2.45, 2.75) is 46.2 Å². The van der Waals surface area contributed by atoms with Crippen LogP contribution >= 0.6 is 15.9 Å². The third kappa shape index (κ3) is 4.85. The minimum absolute atomic E-state index is 0.0292. The Bertz CT molecular complexity index is 630.